The van der Waals surface area contributed by atoms with Crippen LogP contribution in [0, 0.1) is 20.8 Å². The van der Waals surface area contributed by atoms with E-state index in [0.29, 0.717) is 11.1 Å². The van der Waals surface area contributed by atoms with Crippen LogP contribution >= 0.6 is 0 Å². The molecule has 0 aromatic heterocycles. The summed E-state index contributed by atoms with van der Waals surface area (Å²) in [6.45, 7) is 4.92. The van der Waals surface area contributed by atoms with Gasteiger partial charge in [0.1, 0.15) is 0 Å². The first-order chi connectivity index (χ1) is 11.0. The number of carbonyl (C=O) groups is 2. The van der Waals surface area contributed by atoms with Crippen molar-refractivity contribution < 1.29 is 22.7 Å². The van der Waals surface area contributed by atoms with Gasteiger partial charge in [0.15, 0.2) is 6.61 Å². The van der Waals surface area contributed by atoms with Crippen LogP contribution in [-0.4, -0.2) is 52.4 Å². The maximum atomic E-state index is 12.4. The lowest BCUT2D eigenvalue weighted by atomic mass is 10.1. The lowest BCUT2D eigenvalue weighted by Gasteiger charge is -2.13. The number of nitrogens with zero attached hydrogens (tertiary/aromatic N) is 1. The van der Waals surface area contributed by atoms with E-state index in [9.17, 15) is 18.0 Å². The highest BCUT2D eigenvalue weighted by Gasteiger charge is 2.20. The van der Waals surface area contributed by atoms with E-state index in [4.69, 9.17) is 4.74 Å². The molecule has 24 heavy (non-hydrogen) atoms. The zero-order valence-corrected chi connectivity index (χ0v) is 15.5. The number of hydrogen-bond donors (Lipinski definition) is 1. The van der Waals surface area contributed by atoms with Gasteiger partial charge in [-0.3, -0.25) is 9.59 Å². The van der Waals surface area contributed by atoms with Crippen LogP contribution in [0.5, 0.6) is 0 Å². The van der Waals surface area contributed by atoms with E-state index >= 15 is 0 Å². The summed E-state index contributed by atoms with van der Waals surface area (Å²) in [5.41, 5.74) is 2.29. The number of ether oxygens (including phenoxy) is 1. The maximum absolute atomic E-state index is 12.4. The number of esters is 1. The Morgan fingerprint density at radius 1 is 1.12 bits per heavy atom. The van der Waals surface area contributed by atoms with Gasteiger partial charge >= 0.3 is 5.97 Å². The van der Waals surface area contributed by atoms with Crippen molar-refractivity contribution in [3.8, 4) is 0 Å². The maximum Gasteiger partial charge on any atom is 0.307 e. The van der Waals surface area contributed by atoms with Gasteiger partial charge in [0.05, 0.1) is 11.3 Å². The predicted octanol–water partition coefficient (Wildman–Crippen LogP) is 0.912. The van der Waals surface area contributed by atoms with Crippen molar-refractivity contribution >= 4 is 21.9 Å². The average Bonchev–Trinajstić information content (AvgIpc) is 2.42. The topological polar surface area (TPSA) is 92.8 Å². The third-order valence-corrected chi connectivity index (χ3v) is 5.12. The van der Waals surface area contributed by atoms with Crippen molar-refractivity contribution in [2.45, 2.75) is 32.1 Å². The number of amides is 1. The van der Waals surface area contributed by atoms with Gasteiger partial charge in [-0.05, 0) is 31.9 Å². The van der Waals surface area contributed by atoms with Gasteiger partial charge in [-0.1, -0.05) is 17.7 Å². The minimum absolute atomic E-state index is 0.0932. The molecule has 0 heterocycles. The fourth-order valence-electron chi connectivity index (χ4n) is 2.29. The molecule has 134 valence electrons. The first kappa shape index (κ1) is 20.1. The molecular weight excluding hydrogens is 332 g/mol. The van der Waals surface area contributed by atoms with Gasteiger partial charge in [0.25, 0.3) is 5.91 Å². The number of carbonyl (C=O) groups excluding carboxylic acids is 2. The van der Waals surface area contributed by atoms with Crippen molar-refractivity contribution in [1.82, 2.24) is 9.62 Å². The summed E-state index contributed by atoms with van der Waals surface area (Å²) in [5, 5.41) is 0. The molecule has 0 fully saturated rings. The normalized spacial score (nSPS) is 11.2. The predicted molar refractivity (Wildman–Crippen MR) is 90.1 cm³/mol. The van der Waals surface area contributed by atoms with Gasteiger partial charge in [0.2, 0.25) is 10.0 Å². The molecule has 0 unspecified atom stereocenters. The van der Waals surface area contributed by atoms with E-state index in [2.05, 4.69) is 4.72 Å². The average molecular weight is 356 g/mol. The lowest BCUT2D eigenvalue weighted by molar-refractivity contribution is -0.150. The van der Waals surface area contributed by atoms with Gasteiger partial charge in [-0.15, -0.1) is 0 Å². The Labute approximate surface area is 143 Å². The van der Waals surface area contributed by atoms with Gasteiger partial charge in [-0.2, -0.15) is 0 Å². The summed E-state index contributed by atoms with van der Waals surface area (Å²) in [5.74, 6) is -0.972. The third-order valence-electron chi connectivity index (χ3n) is 3.35. The Morgan fingerprint density at radius 2 is 1.67 bits per heavy atom. The molecular formula is C16H24N2O5S. The molecule has 0 saturated heterocycles. The molecule has 8 heteroatoms. The van der Waals surface area contributed by atoms with Crippen LogP contribution in [0.4, 0.5) is 0 Å². The molecule has 0 aliphatic carbocycles. The van der Waals surface area contributed by atoms with E-state index in [1.807, 2.05) is 6.92 Å². The molecule has 1 aromatic rings. The highest BCUT2D eigenvalue weighted by Crippen LogP contribution is 2.21. The summed E-state index contributed by atoms with van der Waals surface area (Å²) in [6.07, 6.45) is -0.149. The van der Waals surface area contributed by atoms with E-state index in [1.165, 1.54) is 4.90 Å². The largest absolute Gasteiger partial charge is 0.456 e. The SMILES string of the molecule is Cc1cc(C)c(S(=O)(=O)NCCC(=O)OCC(=O)N(C)C)c(C)c1. The summed E-state index contributed by atoms with van der Waals surface area (Å²) in [4.78, 5) is 24.4. The monoisotopic (exact) mass is 356 g/mol. The smallest absolute Gasteiger partial charge is 0.307 e. The fourth-order valence-corrected chi connectivity index (χ4v) is 3.77. The first-order valence-electron chi connectivity index (χ1n) is 7.48. The number of nitrogens with one attached hydrogen (secondary N) is 1. The third kappa shape index (κ3) is 5.61. The van der Waals surface area contributed by atoms with Crippen molar-refractivity contribution in [2.75, 3.05) is 27.2 Å². The quantitative estimate of drug-likeness (QED) is 0.733. The fraction of sp³-hybridized carbons (Fsp3) is 0.500. The van der Waals surface area contributed by atoms with Gasteiger partial charge < -0.3 is 9.64 Å². The van der Waals surface area contributed by atoms with Crippen LogP contribution in [0.1, 0.15) is 23.1 Å². The van der Waals surface area contributed by atoms with Crippen molar-refractivity contribution in [3.63, 3.8) is 0 Å². The highest BCUT2D eigenvalue weighted by atomic mass is 32.2. The Bertz CT molecular complexity index is 703. The molecule has 1 rings (SSSR count). The Hall–Kier alpha value is -1.93. The zero-order chi connectivity index (χ0) is 18.5. The Balaban J connectivity index is 2.61. The molecule has 0 spiro atoms. The second kappa shape index (κ2) is 8.25. The van der Waals surface area contributed by atoms with Crippen LogP contribution in [0.2, 0.25) is 0 Å². The van der Waals surface area contributed by atoms with Crippen molar-refractivity contribution in [2.24, 2.45) is 0 Å². The number of aryl methyl sites for hydroxylation is 3. The van der Waals surface area contributed by atoms with E-state index in [-0.39, 0.29) is 30.4 Å². The molecule has 0 radical (unpaired) electrons. The summed E-state index contributed by atoms with van der Waals surface area (Å²) in [6, 6.07) is 3.59. The molecule has 0 saturated carbocycles. The molecule has 0 atom stereocenters. The highest BCUT2D eigenvalue weighted by molar-refractivity contribution is 7.89. The minimum atomic E-state index is -3.71. The van der Waals surface area contributed by atoms with Crippen LogP contribution in [-0.2, 0) is 24.3 Å². The number of hydrogen-bond acceptors (Lipinski definition) is 5. The molecule has 1 amide bonds. The standard InChI is InChI=1S/C16H24N2O5S/c1-11-8-12(2)16(13(3)9-11)24(21,22)17-7-6-15(20)23-10-14(19)18(4)5/h8-9,17H,6-7,10H2,1-5H3. The van der Waals surface area contributed by atoms with Crippen LogP contribution in [0.3, 0.4) is 0 Å². The lowest BCUT2D eigenvalue weighted by Crippen LogP contribution is -2.30. The number of sulfonamides is 1. The summed E-state index contributed by atoms with van der Waals surface area (Å²) >= 11 is 0. The second-order valence-electron chi connectivity index (χ2n) is 5.82. The Kier molecular flexibility index (Phi) is 6.92. The number of rotatable bonds is 7. The second-order valence-corrected chi connectivity index (χ2v) is 7.53. The number of benzene rings is 1. The Morgan fingerprint density at radius 3 is 2.17 bits per heavy atom. The first-order valence-corrected chi connectivity index (χ1v) is 8.96. The summed E-state index contributed by atoms with van der Waals surface area (Å²) < 4.78 is 32.0. The van der Waals surface area contributed by atoms with Crippen molar-refractivity contribution in [3.05, 3.63) is 28.8 Å². The van der Waals surface area contributed by atoms with Gasteiger partial charge in [0, 0.05) is 20.6 Å². The van der Waals surface area contributed by atoms with Gasteiger partial charge in [-0.25, -0.2) is 13.1 Å². The molecule has 1 N–H and O–H groups in total. The van der Waals surface area contributed by atoms with E-state index < -0.39 is 16.0 Å². The molecule has 1 aromatic carbocycles. The van der Waals surface area contributed by atoms with E-state index in [1.54, 1.807) is 40.1 Å². The zero-order valence-electron chi connectivity index (χ0n) is 14.7. The van der Waals surface area contributed by atoms with Crippen LogP contribution in [0.25, 0.3) is 0 Å². The van der Waals surface area contributed by atoms with Crippen LogP contribution < -0.4 is 4.72 Å². The summed E-state index contributed by atoms with van der Waals surface area (Å²) in [7, 11) is -0.607. The molecule has 0 aliphatic rings. The van der Waals surface area contributed by atoms with Crippen molar-refractivity contribution in [1.29, 1.82) is 0 Å². The molecule has 7 nitrogen and oxygen atoms in total. The minimum Gasteiger partial charge on any atom is -0.456 e. The molecule has 0 bridgehead atoms. The van der Waals surface area contributed by atoms with Crippen LogP contribution in [0.15, 0.2) is 17.0 Å². The van der Waals surface area contributed by atoms with E-state index in [0.717, 1.165) is 5.56 Å². The number of likely N-dealkylation sites (N-methyl/N-ethyl adjacent to an activating group) is 1. The molecule has 0 aliphatic heterocycles.